The number of rotatable bonds is 5. The summed E-state index contributed by atoms with van der Waals surface area (Å²) in [6.45, 7) is -0.681. The molecule has 7 N–H and O–H groups in total. The number of ether oxygens (including phenoxy) is 1. The molecule has 0 spiro atoms. The lowest BCUT2D eigenvalue weighted by Gasteiger charge is -2.17. The number of anilines is 1. The van der Waals surface area contributed by atoms with Gasteiger partial charge in [0.05, 0.1) is 12.9 Å². The Bertz CT molecular complexity index is 613. The van der Waals surface area contributed by atoms with Crippen LogP contribution in [0.2, 0.25) is 0 Å². The smallest absolute Gasteiger partial charge is 0.469 e. The van der Waals surface area contributed by atoms with E-state index in [-0.39, 0.29) is 5.82 Å². The lowest BCUT2D eigenvalue weighted by atomic mass is 10.1. The van der Waals surface area contributed by atoms with Crippen LogP contribution in [0.1, 0.15) is 16.7 Å². The Morgan fingerprint density at radius 1 is 1.45 bits per heavy atom. The second-order valence-corrected chi connectivity index (χ2v) is 5.76. The second kappa shape index (κ2) is 5.93. The Morgan fingerprint density at radius 3 is 2.59 bits per heavy atom. The summed E-state index contributed by atoms with van der Waals surface area (Å²) < 4.78 is 21.1. The van der Waals surface area contributed by atoms with Gasteiger partial charge in [0, 0.05) is 0 Å². The summed E-state index contributed by atoms with van der Waals surface area (Å²) in [5, 5.41) is 28.6. The van der Waals surface area contributed by atoms with Crippen LogP contribution in [0, 0.1) is 0 Å². The van der Waals surface area contributed by atoms with Gasteiger partial charge in [-0.15, -0.1) is 0 Å². The van der Waals surface area contributed by atoms with Gasteiger partial charge in [0.2, 0.25) is 0 Å². The van der Waals surface area contributed by atoms with E-state index in [9.17, 15) is 19.6 Å². The fourth-order valence-corrected chi connectivity index (χ4v) is 2.35. The SMILES string of the molecule is Nc1c(C(=O)O)ncn1[C@@H]1O[C@H](COP(=O)(O)O)[C@@H](O)[C@H]1O. The van der Waals surface area contributed by atoms with Gasteiger partial charge in [-0.3, -0.25) is 9.09 Å². The number of aliphatic hydroxyl groups is 2. The van der Waals surface area contributed by atoms with E-state index in [4.69, 9.17) is 25.4 Å². The van der Waals surface area contributed by atoms with Crippen molar-refractivity contribution in [1.82, 2.24) is 9.55 Å². The number of aromatic carboxylic acids is 1. The number of hydrogen-bond donors (Lipinski definition) is 6. The molecule has 0 aliphatic carbocycles. The minimum absolute atomic E-state index is 0.305. The normalized spacial score (nSPS) is 28.9. The van der Waals surface area contributed by atoms with Crippen molar-refractivity contribution in [3.63, 3.8) is 0 Å². The Balaban J connectivity index is 2.16. The molecule has 1 aliphatic heterocycles. The van der Waals surface area contributed by atoms with Crippen molar-refractivity contribution in [1.29, 1.82) is 0 Å². The standard InChI is InChI=1S/C9H14N3O9P/c10-7-4(9(15)16)11-2-12(7)8-6(14)5(13)3(21-8)1-20-22(17,18)19/h2-3,5-6,8,13-14H,1,10H2,(H,15,16)(H2,17,18,19)/t3-,5-,6-,8-/m1/s1. The number of hydrogen-bond acceptors (Lipinski definition) is 8. The van der Waals surface area contributed by atoms with Crippen LogP contribution in [0.3, 0.4) is 0 Å². The van der Waals surface area contributed by atoms with Crippen LogP contribution >= 0.6 is 7.82 Å². The number of phosphoric ester groups is 1. The average molecular weight is 339 g/mol. The highest BCUT2D eigenvalue weighted by Crippen LogP contribution is 2.38. The first kappa shape index (κ1) is 16.8. The molecule has 1 fully saturated rings. The first-order valence-corrected chi connectivity index (χ1v) is 7.42. The van der Waals surface area contributed by atoms with Crippen molar-refractivity contribution in [3.05, 3.63) is 12.0 Å². The van der Waals surface area contributed by atoms with E-state index < -0.39 is 50.6 Å². The molecule has 0 bridgehead atoms. The molecule has 0 radical (unpaired) electrons. The maximum atomic E-state index is 10.9. The van der Waals surface area contributed by atoms with Crippen molar-refractivity contribution in [2.24, 2.45) is 0 Å². The fourth-order valence-electron chi connectivity index (χ4n) is 2.01. The van der Waals surface area contributed by atoms with Crippen molar-refractivity contribution in [2.45, 2.75) is 24.5 Å². The maximum Gasteiger partial charge on any atom is 0.469 e. The van der Waals surface area contributed by atoms with Crippen molar-refractivity contribution >= 4 is 19.6 Å². The van der Waals surface area contributed by atoms with E-state index in [0.717, 1.165) is 10.9 Å². The highest BCUT2D eigenvalue weighted by molar-refractivity contribution is 7.46. The largest absolute Gasteiger partial charge is 0.476 e. The summed E-state index contributed by atoms with van der Waals surface area (Å²) in [5.41, 5.74) is 5.11. The molecule has 0 amide bonds. The van der Waals surface area contributed by atoms with Gasteiger partial charge >= 0.3 is 13.8 Å². The number of nitrogens with zero attached hydrogens (tertiary/aromatic N) is 2. The van der Waals surface area contributed by atoms with Crippen molar-refractivity contribution in [2.75, 3.05) is 12.3 Å². The molecule has 0 unspecified atom stereocenters. The molecule has 1 saturated heterocycles. The van der Waals surface area contributed by atoms with E-state index >= 15 is 0 Å². The number of carboxylic acids is 1. The third-order valence-corrected chi connectivity index (χ3v) is 3.54. The van der Waals surface area contributed by atoms with Gasteiger partial charge in [0.25, 0.3) is 0 Å². The molecule has 13 heteroatoms. The molecule has 4 atom stereocenters. The zero-order chi connectivity index (χ0) is 16.7. The summed E-state index contributed by atoms with van der Waals surface area (Å²) in [6, 6.07) is 0. The molecule has 2 rings (SSSR count). The van der Waals surface area contributed by atoms with Crippen LogP contribution in [0.25, 0.3) is 0 Å². The third kappa shape index (κ3) is 3.28. The van der Waals surface area contributed by atoms with Gasteiger partial charge in [-0.2, -0.15) is 0 Å². The molecule has 2 heterocycles. The summed E-state index contributed by atoms with van der Waals surface area (Å²) >= 11 is 0. The molecule has 12 nitrogen and oxygen atoms in total. The van der Waals surface area contributed by atoms with E-state index in [2.05, 4.69) is 9.51 Å². The quantitative estimate of drug-likeness (QED) is 0.321. The lowest BCUT2D eigenvalue weighted by molar-refractivity contribution is -0.0511. The summed E-state index contributed by atoms with van der Waals surface area (Å²) in [6.07, 6.45) is -4.56. The zero-order valence-corrected chi connectivity index (χ0v) is 11.8. The molecule has 0 saturated carbocycles. The number of aliphatic hydroxyl groups excluding tert-OH is 2. The molecule has 1 aromatic rings. The van der Waals surface area contributed by atoms with E-state index in [1.54, 1.807) is 0 Å². The van der Waals surface area contributed by atoms with Crippen LogP contribution in [0.5, 0.6) is 0 Å². The van der Waals surface area contributed by atoms with Crippen molar-refractivity contribution < 1.29 is 43.7 Å². The first-order chi connectivity index (χ1) is 10.1. The van der Waals surface area contributed by atoms with E-state index in [1.807, 2.05) is 0 Å². The molecule has 22 heavy (non-hydrogen) atoms. The molecular weight excluding hydrogens is 325 g/mol. The summed E-state index contributed by atoms with van der Waals surface area (Å²) in [5.74, 6) is -1.69. The molecule has 1 aromatic heterocycles. The number of phosphoric acid groups is 1. The minimum atomic E-state index is -4.77. The Hall–Kier alpha value is -1.53. The second-order valence-electron chi connectivity index (χ2n) is 4.52. The topological polar surface area (TPSA) is 198 Å². The van der Waals surface area contributed by atoms with Gasteiger partial charge in [0.1, 0.15) is 24.1 Å². The Morgan fingerprint density at radius 2 is 2.09 bits per heavy atom. The number of aromatic nitrogens is 2. The van der Waals surface area contributed by atoms with Crippen molar-refractivity contribution in [3.8, 4) is 0 Å². The summed E-state index contributed by atoms with van der Waals surface area (Å²) in [7, 11) is -4.77. The predicted octanol–water partition coefficient (Wildman–Crippen LogP) is -2.11. The van der Waals surface area contributed by atoms with Crippen LogP contribution in [-0.4, -0.2) is 65.5 Å². The predicted molar refractivity (Wildman–Crippen MR) is 67.5 cm³/mol. The van der Waals surface area contributed by atoms with Gasteiger partial charge in [-0.25, -0.2) is 14.3 Å². The van der Waals surface area contributed by atoms with Gasteiger partial charge in [0.15, 0.2) is 11.9 Å². The highest BCUT2D eigenvalue weighted by atomic mass is 31.2. The Labute approximate surface area is 123 Å². The van der Waals surface area contributed by atoms with Crippen LogP contribution in [0.4, 0.5) is 5.82 Å². The number of imidazole rings is 1. The lowest BCUT2D eigenvalue weighted by Crippen LogP contribution is -2.33. The highest BCUT2D eigenvalue weighted by Gasteiger charge is 2.45. The van der Waals surface area contributed by atoms with Crippen LogP contribution in [-0.2, 0) is 13.8 Å². The van der Waals surface area contributed by atoms with Gasteiger partial charge < -0.3 is 35.6 Å². The first-order valence-electron chi connectivity index (χ1n) is 5.89. The van der Waals surface area contributed by atoms with Gasteiger partial charge in [-0.05, 0) is 0 Å². The fraction of sp³-hybridized carbons (Fsp3) is 0.556. The molecular formula is C9H14N3O9P. The van der Waals surface area contributed by atoms with Crippen LogP contribution in [0.15, 0.2) is 6.33 Å². The minimum Gasteiger partial charge on any atom is -0.476 e. The number of carbonyl (C=O) groups is 1. The van der Waals surface area contributed by atoms with E-state index in [1.165, 1.54) is 0 Å². The molecule has 1 aliphatic rings. The number of nitrogen functional groups attached to an aromatic ring is 1. The van der Waals surface area contributed by atoms with E-state index in [0.29, 0.717) is 0 Å². The van der Waals surface area contributed by atoms with Crippen LogP contribution < -0.4 is 5.73 Å². The number of nitrogens with two attached hydrogens (primary N) is 1. The molecule has 124 valence electrons. The average Bonchev–Trinajstić information content (AvgIpc) is 2.90. The summed E-state index contributed by atoms with van der Waals surface area (Å²) in [4.78, 5) is 31.6. The maximum absolute atomic E-state index is 10.9. The zero-order valence-electron chi connectivity index (χ0n) is 10.9. The monoisotopic (exact) mass is 339 g/mol. The number of carboxylic acid groups (broad SMARTS) is 1. The molecule has 0 aromatic carbocycles. The Kier molecular flexibility index (Phi) is 4.54. The third-order valence-electron chi connectivity index (χ3n) is 3.05. The van der Waals surface area contributed by atoms with Gasteiger partial charge in [-0.1, -0.05) is 0 Å².